The second kappa shape index (κ2) is 5.33. The lowest BCUT2D eigenvalue weighted by molar-refractivity contribution is -0.151. The second-order valence-corrected chi connectivity index (χ2v) is 5.85. The Morgan fingerprint density at radius 3 is 2.79 bits per heavy atom. The number of nitrogens with zero attached hydrogens (tertiary/aromatic N) is 3. The van der Waals surface area contributed by atoms with Crippen molar-refractivity contribution in [3.05, 3.63) is 18.2 Å². The zero-order chi connectivity index (χ0) is 14.0. The van der Waals surface area contributed by atoms with E-state index in [0.29, 0.717) is 6.54 Å². The molecule has 1 aromatic heterocycles. The summed E-state index contributed by atoms with van der Waals surface area (Å²) in [6, 6.07) is 0. The van der Waals surface area contributed by atoms with Crippen LogP contribution in [0.15, 0.2) is 12.4 Å². The van der Waals surface area contributed by atoms with Crippen LogP contribution in [0.25, 0.3) is 0 Å². The summed E-state index contributed by atoms with van der Waals surface area (Å²) in [4.78, 5) is 18.1. The molecule has 0 radical (unpaired) electrons. The maximum Gasteiger partial charge on any atom is 0.311 e. The van der Waals surface area contributed by atoms with Gasteiger partial charge in [0.1, 0.15) is 5.82 Å². The number of hydrogen-bond acceptors (Lipinski definition) is 3. The minimum atomic E-state index is -0.651. The first-order chi connectivity index (χ1) is 8.95. The van der Waals surface area contributed by atoms with Crippen molar-refractivity contribution in [3.8, 4) is 0 Å². The van der Waals surface area contributed by atoms with Gasteiger partial charge in [0, 0.05) is 39.0 Å². The van der Waals surface area contributed by atoms with Crippen LogP contribution < -0.4 is 0 Å². The summed E-state index contributed by atoms with van der Waals surface area (Å²) in [5.74, 6) is 0.572. The minimum absolute atomic E-state index is 0.170. The van der Waals surface area contributed by atoms with Crippen LogP contribution in [0.3, 0.4) is 0 Å². The molecule has 0 aliphatic carbocycles. The van der Waals surface area contributed by atoms with Crippen molar-refractivity contribution in [1.29, 1.82) is 0 Å². The molecule has 1 atom stereocenters. The average molecular weight is 265 g/mol. The third-order valence-corrected chi connectivity index (χ3v) is 4.48. The second-order valence-electron chi connectivity index (χ2n) is 5.85. The third kappa shape index (κ3) is 2.66. The van der Waals surface area contributed by atoms with E-state index in [0.717, 1.165) is 31.8 Å². The number of carboxylic acids is 1. The molecular formula is C14H23N3O2. The molecule has 0 saturated carbocycles. The van der Waals surface area contributed by atoms with Crippen LogP contribution in [0.1, 0.15) is 26.1 Å². The normalized spacial score (nSPS) is 24.2. The van der Waals surface area contributed by atoms with Crippen LogP contribution in [0.2, 0.25) is 0 Å². The average Bonchev–Trinajstić information content (AvgIpc) is 2.93. The summed E-state index contributed by atoms with van der Waals surface area (Å²) in [6.07, 6.45) is 5.36. The van der Waals surface area contributed by atoms with Crippen LogP contribution >= 0.6 is 0 Å². The van der Waals surface area contributed by atoms with Crippen LogP contribution in [0.4, 0.5) is 0 Å². The lowest BCUT2D eigenvalue weighted by Crippen LogP contribution is -2.39. The highest BCUT2D eigenvalue weighted by molar-refractivity contribution is 5.75. The number of carboxylic acid groups (broad SMARTS) is 1. The maximum absolute atomic E-state index is 11.6. The molecule has 2 heterocycles. The van der Waals surface area contributed by atoms with Crippen LogP contribution in [-0.2, 0) is 18.3 Å². The summed E-state index contributed by atoms with van der Waals surface area (Å²) in [7, 11) is 1.99. The highest BCUT2D eigenvalue weighted by Gasteiger charge is 2.46. The van der Waals surface area contributed by atoms with Crippen molar-refractivity contribution in [2.75, 3.05) is 19.6 Å². The van der Waals surface area contributed by atoms with Gasteiger partial charge in [-0.15, -0.1) is 0 Å². The number of imidazole rings is 1. The van der Waals surface area contributed by atoms with E-state index in [1.807, 2.05) is 31.7 Å². The van der Waals surface area contributed by atoms with Gasteiger partial charge in [-0.05, 0) is 18.9 Å². The van der Waals surface area contributed by atoms with Crippen molar-refractivity contribution < 1.29 is 9.90 Å². The van der Waals surface area contributed by atoms with E-state index >= 15 is 0 Å². The summed E-state index contributed by atoms with van der Waals surface area (Å²) >= 11 is 0. The molecule has 1 aromatic rings. The van der Waals surface area contributed by atoms with Crippen LogP contribution in [-0.4, -0.2) is 45.2 Å². The van der Waals surface area contributed by atoms with Crippen LogP contribution in [0.5, 0.6) is 0 Å². The van der Waals surface area contributed by atoms with E-state index < -0.39 is 11.4 Å². The van der Waals surface area contributed by atoms with E-state index in [9.17, 15) is 9.90 Å². The van der Waals surface area contributed by atoms with E-state index in [1.165, 1.54) is 0 Å². The van der Waals surface area contributed by atoms with Gasteiger partial charge in [-0.1, -0.05) is 13.8 Å². The van der Waals surface area contributed by atoms with Crippen molar-refractivity contribution in [3.63, 3.8) is 0 Å². The third-order valence-electron chi connectivity index (χ3n) is 4.48. The molecule has 0 amide bonds. The van der Waals surface area contributed by atoms with E-state index in [1.54, 1.807) is 6.20 Å². The first-order valence-corrected chi connectivity index (χ1v) is 6.87. The molecule has 1 aliphatic rings. The summed E-state index contributed by atoms with van der Waals surface area (Å²) < 4.78 is 2.02. The first-order valence-electron chi connectivity index (χ1n) is 6.87. The minimum Gasteiger partial charge on any atom is -0.481 e. The number of rotatable bonds is 5. The molecule has 1 fully saturated rings. The molecule has 0 spiro atoms. The Kier molecular flexibility index (Phi) is 3.94. The molecule has 1 saturated heterocycles. The number of hydrogen-bond donors (Lipinski definition) is 1. The number of carbonyl (C=O) groups is 1. The molecule has 106 valence electrons. The predicted octanol–water partition coefficient (Wildman–Crippen LogP) is 1.40. The number of aliphatic carboxylic acids is 1. The monoisotopic (exact) mass is 265 g/mol. The zero-order valence-electron chi connectivity index (χ0n) is 12.0. The Bertz CT molecular complexity index is 455. The fraction of sp³-hybridized carbons (Fsp3) is 0.714. The number of likely N-dealkylation sites (tertiary alicyclic amines) is 1. The van der Waals surface area contributed by atoms with Crippen molar-refractivity contribution in [2.24, 2.45) is 18.4 Å². The van der Waals surface area contributed by atoms with Crippen molar-refractivity contribution in [2.45, 2.75) is 26.7 Å². The lowest BCUT2D eigenvalue weighted by atomic mass is 9.76. The summed E-state index contributed by atoms with van der Waals surface area (Å²) in [5, 5.41) is 9.51. The first kappa shape index (κ1) is 14.1. The van der Waals surface area contributed by atoms with E-state index in [2.05, 4.69) is 9.88 Å². The van der Waals surface area contributed by atoms with Gasteiger partial charge in [-0.2, -0.15) is 0 Å². The SMILES string of the molecule is CC(C)C1(C(=O)O)CCN(CCc2nccn2C)C1. The van der Waals surface area contributed by atoms with Gasteiger partial charge in [0.2, 0.25) is 0 Å². The van der Waals surface area contributed by atoms with E-state index in [-0.39, 0.29) is 5.92 Å². The Morgan fingerprint density at radius 1 is 1.58 bits per heavy atom. The van der Waals surface area contributed by atoms with Gasteiger partial charge in [-0.3, -0.25) is 4.79 Å². The zero-order valence-corrected chi connectivity index (χ0v) is 12.0. The molecule has 5 nitrogen and oxygen atoms in total. The highest BCUT2D eigenvalue weighted by atomic mass is 16.4. The molecule has 5 heteroatoms. The van der Waals surface area contributed by atoms with Gasteiger partial charge in [0.05, 0.1) is 5.41 Å². The van der Waals surface area contributed by atoms with Crippen molar-refractivity contribution in [1.82, 2.24) is 14.5 Å². The lowest BCUT2D eigenvalue weighted by Gasteiger charge is -2.28. The van der Waals surface area contributed by atoms with Gasteiger partial charge in [0.15, 0.2) is 0 Å². The van der Waals surface area contributed by atoms with Crippen molar-refractivity contribution >= 4 is 5.97 Å². The molecule has 2 rings (SSSR count). The fourth-order valence-electron chi connectivity index (χ4n) is 2.89. The molecule has 1 unspecified atom stereocenters. The Hall–Kier alpha value is -1.36. The topological polar surface area (TPSA) is 58.4 Å². The predicted molar refractivity (Wildman–Crippen MR) is 72.9 cm³/mol. The quantitative estimate of drug-likeness (QED) is 0.874. The standard InChI is InChI=1S/C14H23N3O2/c1-11(2)14(13(18)19)5-8-17(10-14)7-4-12-15-6-9-16(12)3/h6,9,11H,4-5,7-8,10H2,1-3H3,(H,18,19). The van der Waals surface area contributed by atoms with Gasteiger partial charge >= 0.3 is 5.97 Å². The number of aromatic nitrogens is 2. The molecule has 0 bridgehead atoms. The maximum atomic E-state index is 11.6. The van der Waals surface area contributed by atoms with E-state index in [4.69, 9.17) is 0 Å². The Morgan fingerprint density at radius 2 is 2.32 bits per heavy atom. The molecule has 1 aliphatic heterocycles. The Balaban J connectivity index is 1.95. The molecule has 1 N–H and O–H groups in total. The van der Waals surface area contributed by atoms with Gasteiger partial charge in [0.25, 0.3) is 0 Å². The summed E-state index contributed by atoms with van der Waals surface area (Å²) in [6.45, 7) is 6.43. The molecule has 19 heavy (non-hydrogen) atoms. The smallest absolute Gasteiger partial charge is 0.311 e. The Labute approximate surface area is 114 Å². The largest absolute Gasteiger partial charge is 0.481 e. The fourth-order valence-corrected chi connectivity index (χ4v) is 2.89. The molecule has 0 aromatic carbocycles. The van der Waals surface area contributed by atoms with Crippen LogP contribution in [0, 0.1) is 11.3 Å². The van der Waals surface area contributed by atoms with Gasteiger partial charge in [-0.25, -0.2) is 4.98 Å². The molecular weight excluding hydrogens is 242 g/mol. The highest BCUT2D eigenvalue weighted by Crippen LogP contribution is 2.38. The summed E-state index contributed by atoms with van der Waals surface area (Å²) in [5.41, 5.74) is -0.568. The van der Waals surface area contributed by atoms with Gasteiger partial charge < -0.3 is 14.6 Å². The number of aryl methyl sites for hydroxylation is 1.